The highest BCUT2D eigenvalue weighted by atomic mass is 79.9. The van der Waals surface area contributed by atoms with E-state index in [2.05, 4.69) is 106 Å². The Morgan fingerprint density at radius 1 is 0.360 bits per heavy atom. The first kappa shape index (κ1) is 38.9. The van der Waals surface area contributed by atoms with E-state index in [9.17, 15) is 0 Å². The molecule has 0 aliphatic rings. The maximum atomic E-state index is 3.93. The zero-order valence-electron chi connectivity index (χ0n) is 30.8. The molecule has 0 bridgehead atoms. The van der Waals surface area contributed by atoms with Crippen molar-refractivity contribution in [3.63, 3.8) is 0 Å². The van der Waals surface area contributed by atoms with E-state index < -0.39 is 0 Å². The SMILES string of the molecule is CCCCCCc1c(CCCCCC)c2sc(-c3cc4c(s3)c(CCCCCC)c(CCCCCC)c3sc(Br)cc34)cc2c2cc(Br)sc12. The summed E-state index contributed by atoms with van der Waals surface area (Å²) in [5.74, 6) is 0. The van der Waals surface area contributed by atoms with Gasteiger partial charge in [0.2, 0.25) is 0 Å². The minimum absolute atomic E-state index is 1.21. The number of hydrogen-bond acceptors (Lipinski definition) is 4. The number of fused-ring (bicyclic) bond motifs is 6. The van der Waals surface area contributed by atoms with E-state index in [1.54, 1.807) is 41.1 Å². The third-order valence-corrected chi connectivity index (χ3v) is 16.6. The smallest absolute Gasteiger partial charge is 0.0711 e. The van der Waals surface area contributed by atoms with Crippen LogP contribution in [-0.4, -0.2) is 0 Å². The summed E-state index contributed by atoms with van der Waals surface area (Å²) in [6, 6.07) is 10.0. The van der Waals surface area contributed by atoms with Crippen molar-refractivity contribution >= 4 is 118 Å². The Kier molecular flexibility index (Phi) is 14.8. The Bertz CT molecular complexity index is 1860. The highest BCUT2D eigenvalue weighted by Crippen LogP contribution is 2.50. The van der Waals surface area contributed by atoms with Gasteiger partial charge in [-0.1, -0.05) is 105 Å². The van der Waals surface area contributed by atoms with Crippen LogP contribution in [-0.2, 0) is 25.7 Å². The molecule has 50 heavy (non-hydrogen) atoms. The normalized spacial score (nSPS) is 12.2. The molecule has 0 atom stereocenters. The maximum Gasteiger partial charge on any atom is 0.0711 e. The first-order valence-electron chi connectivity index (χ1n) is 19.8. The summed E-state index contributed by atoms with van der Waals surface area (Å²) in [6.07, 6.45) is 25.9. The lowest BCUT2D eigenvalue weighted by molar-refractivity contribution is 0.654. The molecule has 2 aromatic carbocycles. The number of benzene rings is 2. The van der Waals surface area contributed by atoms with Gasteiger partial charge in [0.15, 0.2) is 0 Å². The third kappa shape index (κ3) is 8.78. The van der Waals surface area contributed by atoms with Gasteiger partial charge in [-0.05, 0) is 130 Å². The zero-order valence-corrected chi connectivity index (χ0v) is 37.3. The molecule has 0 spiro atoms. The van der Waals surface area contributed by atoms with Gasteiger partial charge >= 0.3 is 0 Å². The largest absolute Gasteiger partial charge is 0.134 e. The van der Waals surface area contributed by atoms with Gasteiger partial charge < -0.3 is 0 Å². The van der Waals surface area contributed by atoms with Crippen molar-refractivity contribution in [2.75, 3.05) is 0 Å². The van der Waals surface area contributed by atoms with Crippen LogP contribution in [0.1, 0.15) is 153 Å². The summed E-state index contributed by atoms with van der Waals surface area (Å²) < 4.78 is 8.75. The Morgan fingerprint density at radius 3 is 0.940 bits per heavy atom. The van der Waals surface area contributed by atoms with E-state index >= 15 is 0 Å². The van der Waals surface area contributed by atoms with Crippen molar-refractivity contribution < 1.29 is 0 Å². The zero-order chi connectivity index (χ0) is 35.0. The lowest BCUT2D eigenvalue weighted by atomic mass is 9.93. The quantitative estimate of drug-likeness (QED) is 0.0632. The molecule has 270 valence electrons. The van der Waals surface area contributed by atoms with Crippen LogP contribution < -0.4 is 0 Å². The molecule has 0 aliphatic carbocycles. The van der Waals surface area contributed by atoms with Crippen LogP contribution in [0.15, 0.2) is 31.8 Å². The molecule has 6 heteroatoms. The second kappa shape index (κ2) is 19.0. The molecule has 0 fully saturated rings. The van der Waals surface area contributed by atoms with E-state index in [1.807, 2.05) is 22.7 Å². The van der Waals surface area contributed by atoms with Gasteiger partial charge in [-0.15, -0.1) is 45.3 Å². The minimum atomic E-state index is 1.21. The first-order chi connectivity index (χ1) is 24.5. The molecule has 4 aromatic heterocycles. The van der Waals surface area contributed by atoms with Gasteiger partial charge in [0, 0.05) is 50.1 Å². The molecule has 0 radical (unpaired) electrons. The third-order valence-electron chi connectivity index (χ3n) is 10.6. The molecule has 6 rings (SSSR count). The molecule has 4 heterocycles. The first-order valence-corrected chi connectivity index (χ1v) is 24.7. The fraction of sp³-hybridized carbons (Fsp3) is 0.545. The van der Waals surface area contributed by atoms with Crippen LogP contribution in [0.4, 0.5) is 0 Å². The van der Waals surface area contributed by atoms with Crippen molar-refractivity contribution in [3.05, 3.63) is 54.1 Å². The standard InChI is InChI=1S/C44H56Br2S4/c1-5-9-13-17-21-29-31(23-19-15-11-7-3)43-35(27-39(45)49-43)33-25-37(47-41(29)33)38-26-34-36-28-40(46)50-44(36)32(24-20-16-12-8-4)30(42(34)48-38)22-18-14-10-6-2/h25-28H,5-24H2,1-4H3. The van der Waals surface area contributed by atoms with E-state index in [4.69, 9.17) is 0 Å². The molecular weight excluding hydrogens is 817 g/mol. The highest BCUT2D eigenvalue weighted by molar-refractivity contribution is 9.11. The maximum absolute atomic E-state index is 3.93. The molecule has 0 unspecified atom stereocenters. The number of aryl methyl sites for hydroxylation is 4. The highest BCUT2D eigenvalue weighted by Gasteiger charge is 2.23. The molecule has 6 aromatic rings. The predicted octanol–water partition coefficient (Wildman–Crippen LogP) is 18.2. The molecule has 0 N–H and O–H groups in total. The van der Waals surface area contributed by atoms with E-state index in [-0.39, 0.29) is 0 Å². The van der Waals surface area contributed by atoms with Crippen LogP contribution in [0.25, 0.3) is 50.1 Å². The summed E-state index contributed by atoms with van der Waals surface area (Å²) in [7, 11) is 0. The van der Waals surface area contributed by atoms with Crippen LogP contribution in [0.5, 0.6) is 0 Å². The van der Waals surface area contributed by atoms with Crippen LogP contribution in [0, 0.1) is 0 Å². The fourth-order valence-electron chi connectivity index (χ4n) is 7.96. The summed E-state index contributed by atoms with van der Waals surface area (Å²) >= 11 is 16.0. The number of hydrogen-bond donors (Lipinski definition) is 0. The average Bonchev–Trinajstić information content (AvgIpc) is 3.90. The number of unbranched alkanes of at least 4 members (excludes halogenated alkanes) is 12. The molecule has 0 amide bonds. The van der Waals surface area contributed by atoms with Gasteiger partial charge in [0.25, 0.3) is 0 Å². The molecule has 0 nitrogen and oxygen atoms in total. The minimum Gasteiger partial charge on any atom is -0.134 e. The number of halogens is 2. The molecule has 0 saturated carbocycles. The van der Waals surface area contributed by atoms with E-state index in [1.165, 1.54) is 167 Å². The summed E-state index contributed by atoms with van der Waals surface area (Å²) in [4.78, 5) is 2.93. The number of thiophene rings is 4. The Morgan fingerprint density at radius 2 is 0.640 bits per heavy atom. The van der Waals surface area contributed by atoms with Gasteiger partial charge in [-0.3, -0.25) is 0 Å². The van der Waals surface area contributed by atoms with Gasteiger partial charge in [0.05, 0.1) is 7.57 Å². The van der Waals surface area contributed by atoms with E-state index in [0.29, 0.717) is 0 Å². The summed E-state index contributed by atoms with van der Waals surface area (Å²) in [5, 5.41) is 5.92. The van der Waals surface area contributed by atoms with Crippen LogP contribution >= 0.6 is 77.2 Å². The Hall–Kier alpha value is -0.760. The lowest BCUT2D eigenvalue weighted by Crippen LogP contribution is -1.97. The van der Waals surface area contributed by atoms with Crippen LogP contribution in [0.3, 0.4) is 0 Å². The van der Waals surface area contributed by atoms with Gasteiger partial charge in [-0.25, -0.2) is 0 Å². The van der Waals surface area contributed by atoms with Crippen molar-refractivity contribution in [3.8, 4) is 9.75 Å². The second-order valence-electron chi connectivity index (χ2n) is 14.5. The van der Waals surface area contributed by atoms with Crippen LogP contribution in [0.2, 0.25) is 0 Å². The fourth-order valence-corrected chi connectivity index (χ4v) is 14.0. The summed E-state index contributed by atoms with van der Waals surface area (Å²) in [6.45, 7) is 9.32. The van der Waals surface area contributed by atoms with Gasteiger partial charge in [0.1, 0.15) is 0 Å². The summed E-state index contributed by atoms with van der Waals surface area (Å²) in [5.41, 5.74) is 6.66. The number of rotatable bonds is 21. The van der Waals surface area contributed by atoms with Gasteiger partial charge in [-0.2, -0.15) is 0 Å². The van der Waals surface area contributed by atoms with Crippen molar-refractivity contribution in [1.29, 1.82) is 0 Å². The molecule has 0 aliphatic heterocycles. The topological polar surface area (TPSA) is 0 Å². The predicted molar refractivity (Wildman–Crippen MR) is 240 cm³/mol. The average molecular weight is 873 g/mol. The Balaban J connectivity index is 1.50. The lowest BCUT2D eigenvalue weighted by Gasteiger charge is -2.13. The van der Waals surface area contributed by atoms with Crippen molar-refractivity contribution in [2.45, 2.75) is 156 Å². The second-order valence-corrected chi connectivity index (χ2v) is 21.4. The monoisotopic (exact) mass is 870 g/mol. The molecular formula is C44H56Br2S4. The molecule has 0 saturated heterocycles. The van der Waals surface area contributed by atoms with Crippen molar-refractivity contribution in [1.82, 2.24) is 0 Å². The Labute approximate surface area is 334 Å². The van der Waals surface area contributed by atoms with Crippen molar-refractivity contribution in [2.24, 2.45) is 0 Å². The van der Waals surface area contributed by atoms with E-state index in [0.717, 1.165) is 0 Å².